The minimum absolute atomic E-state index is 0.0188. The van der Waals surface area contributed by atoms with Gasteiger partial charge < -0.3 is 14.5 Å². The van der Waals surface area contributed by atoms with Gasteiger partial charge in [-0.25, -0.2) is 9.59 Å². The summed E-state index contributed by atoms with van der Waals surface area (Å²) >= 11 is 0. The maximum atomic E-state index is 12.4. The Hall–Kier alpha value is -1.26. The Balaban J connectivity index is 1.97. The smallest absolute Gasteiger partial charge is 0.328 e. The molecule has 0 aromatic rings. The van der Waals surface area contributed by atoms with Gasteiger partial charge in [-0.3, -0.25) is 0 Å². The standard InChI is InChI=1S/C13H22N2O3/c1-2-18-12(16)11-7-6-10-15(11)13(17)14-8-4-3-5-9-14/h11H,2-10H2,1H3. The molecule has 0 N–H and O–H groups in total. The van der Waals surface area contributed by atoms with Gasteiger partial charge in [0.25, 0.3) is 0 Å². The Morgan fingerprint density at radius 1 is 1.11 bits per heavy atom. The van der Waals surface area contributed by atoms with Crippen LogP contribution in [0.5, 0.6) is 0 Å². The molecule has 0 aliphatic carbocycles. The predicted molar refractivity (Wildman–Crippen MR) is 67.2 cm³/mol. The van der Waals surface area contributed by atoms with Crippen LogP contribution in [-0.4, -0.2) is 54.1 Å². The summed E-state index contributed by atoms with van der Waals surface area (Å²) in [5, 5.41) is 0. The molecule has 0 radical (unpaired) electrons. The first kappa shape index (κ1) is 13.2. The number of piperidine rings is 1. The number of likely N-dealkylation sites (tertiary alicyclic amines) is 2. The van der Waals surface area contributed by atoms with E-state index in [2.05, 4.69) is 0 Å². The molecule has 5 heteroatoms. The summed E-state index contributed by atoms with van der Waals surface area (Å²) in [6.07, 6.45) is 4.97. The Labute approximate surface area is 108 Å². The van der Waals surface area contributed by atoms with E-state index in [-0.39, 0.29) is 18.0 Å². The molecule has 0 spiro atoms. The number of esters is 1. The van der Waals surface area contributed by atoms with Crippen molar-refractivity contribution >= 4 is 12.0 Å². The third-order valence-electron chi connectivity index (χ3n) is 3.68. The van der Waals surface area contributed by atoms with Crippen LogP contribution in [0.25, 0.3) is 0 Å². The molecule has 5 nitrogen and oxygen atoms in total. The highest BCUT2D eigenvalue weighted by Gasteiger charge is 2.37. The molecular formula is C13H22N2O3. The van der Waals surface area contributed by atoms with E-state index < -0.39 is 0 Å². The van der Waals surface area contributed by atoms with Crippen LogP contribution in [0.15, 0.2) is 0 Å². The molecule has 102 valence electrons. The highest BCUT2D eigenvalue weighted by atomic mass is 16.5. The minimum Gasteiger partial charge on any atom is -0.464 e. The number of carbonyl (C=O) groups is 2. The van der Waals surface area contributed by atoms with E-state index in [1.807, 2.05) is 4.90 Å². The molecule has 2 aliphatic rings. The van der Waals surface area contributed by atoms with Gasteiger partial charge in [-0.05, 0) is 39.0 Å². The molecule has 2 rings (SSSR count). The fourth-order valence-corrected chi connectivity index (χ4v) is 2.75. The Morgan fingerprint density at radius 2 is 1.83 bits per heavy atom. The van der Waals surface area contributed by atoms with Crippen molar-refractivity contribution < 1.29 is 14.3 Å². The summed E-state index contributed by atoms with van der Waals surface area (Å²) in [5.74, 6) is -0.250. The largest absolute Gasteiger partial charge is 0.464 e. The van der Waals surface area contributed by atoms with Crippen LogP contribution in [0, 0.1) is 0 Å². The fourth-order valence-electron chi connectivity index (χ4n) is 2.75. The maximum absolute atomic E-state index is 12.4. The third kappa shape index (κ3) is 2.76. The molecule has 1 atom stereocenters. The molecule has 0 bridgehead atoms. The van der Waals surface area contributed by atoms with Crippen LogP contribution in [-0.2, 0) is 9.53 Å². The van der Waals surface area contributed by atoms with E-state index in [1.165, 1.54) is 6.42 Å². The lowest BCUT2D eigenvalue weighted by molar-refractivity contribution is -0.147. The lowest BCUT2D eigenvalue weighted by Gasteiger charge is -2.33. The van der Waals surface area contributed by atoms with Crippen molar-refractivity contribution in [3.8, 4) is 0 Å². The second-order valence-electron chi connectivity index (χ2n) is 4.93. The average molecular weight is 254 g/mol. The van der Waals surface area contributed by atoms with E-state index in [0.717, 1.165) is 38.8 Å². The van der Waals surface area contributed by atoms with Gasteiger partial charge in [0.05, 0.1) is 6.61 Å². The number of hydrogen-bond acceptors (Lipinski definition) is 3. The number of hydrogen-bond donors (Lipinski definition) is 0. The second-order valence-corrected chi connectivity index (χ2v) is 4.93. The van der Waals surface area contributed by atoms with Gasteiger partial charge in [-0.1, -0.05) is 0 Å². The molecule has 1 unspecified atom stereocenters. The fraction of sp³-hybridized carbons (Fsp3) is 0.846. The normalized spacial score (nSPS) is 24.2. The number of ether oxygens (including phenoxy) is 1. The zero-order valence-corrected chi connectivity index (χ0v) is 11.1. The van der Waals surface area contributed by atoms with Crippen LogP contribution < -0.4 is 0 Å². The summed E-state index contributed by atoms with van der Waals surface area (Å²) in [6, 6.07) is -0.343. The Kier molecular flexibility index (Phi) is 4.44. The van der Waals surface area contributed by atoms with Gasteiger partial charge in [-0.15, -0.1) is 0 Å². The van der Waals surface area contributed by atoms with Crippen molar-refractivity contribution in [3.05, 3.63) is 0 Å². The molecule has 0 aromatic carbocycles. The van der Waals surface area contributed by atoms with E-state index in [1.54, 1.807) is 11.8 Å². The summed E-state index contributed by atoms with van der Waals surface area (Å²) in [6.45, 7) is 4.50. The van der Waals surface area contributed by atoms with Crippen molar-refractivity contribution in [2.24, 2.45) is 0 Å². The minimum atomic E-state index is -0.362. The van der Waals surface area contributed by atoms with Gasteiger partial charge >= 0.3 is 12.0 Å². The highest BCUT2D eigenvalue weighted by molar-refractivity contribution is 5.84. The van der Waals surface area contributed by atoms with Crippen LogP contribution in [0.1, 0.15) is 39.0 Å². The van der Waals surface area contributed by atoms with Gasteiger partial charge in [0.1, 0.15) is 6.04 Å². The molecular weight excluding hydrogens is 232 g/mol. The van der Waals surface area contributed by atoms with Crippen molar-refractivity contribution in [2.45, 2.75) is 45.1 Å². The average Bonchev–Trinajstić information content (AvgIpc) is 2.88. The van der Waals surface area contributed by atoms with Crippen LogP contribution in [0.4, 0.5) is 4.79 Å². The molecule has 0 saturated carbocycles. The van der Waals surface area contributed by atoms with E-state index >= 15 is 0 Å². The third-order valence-corrected chi connectivity index (χ3v) is 3.68. The summed E-state index contributed by atoms with van der Waals surface area (Å²) < 4.78 is 5.04. The van der Waals surface area contributed by atoms with Crippen LogP contribution in [0.3, 0.4) is 0 Å². The topological polar surface area (TPSA) is 49.9 Å². The van der Waals surface area contributed by atoms with E-state index in [4.69, 9.17) is 4.74 Å². The van der Waals surface area contributed by atoms with Gasteiger partial charge in [0, 0.05) is 19.6 Å². The first-order chi connectivity index (χ1) is 8.74. The lowest BCUT2D eigenvalue weighted by atomic mass is 10.1. The molecule has 2 heterocycles. The SMILES string of the molecule is CCOC(=O)C1CCCN1C(=O)N1CCCCC1. The number of amides is 2. The number of nitrogens with zero attached hydrogens (tertiary/aromatic N) is 2. The van der Waals surface area contributed by atoms with E-state index in [9.17, 15) is 9.59 Å². The summed E-state index contributed by atoms with van der Waals surface area (Å²) in [7, 11) is 0. The first-order valence-electron chi connectivity index (χ1n) is 6.96. The summed E-state index contributed by atoms with van der Waals surface area (Å²) in [5.41, 5.74) is 0. The number of rotatable bonds is 2. The molecule has 0 aromatic heterocycles. The zero-order valence-electron chi connectivity index (χ0n) is 11.1. The van der Waals surface area contributed by atoms with Crippen molar-refractivity contribution in [1.29, 1.82) is 0 Å². The number of urea groups is 1. The summed E-state index contributed by atoms with van der Waals surface area (Å²) in [4.78, 5) is 27.7. The maximum Gasteiger partial charge on any atom is 0.328 e. The van der Waals surface area contributed by atoms with Gasteiger partial charge in [0.2, 0.25) is 0 Å². The second kappa shape index (κ2) is 6.07. The molecule has 18 heavy (non-hydrogen) atoms. The zero-order chi connectivity index (χ0) is 13.0. The molecule has 2 aliphatic heterocycles. The lowest BCUT2D eigenvalue weighted by Crippen LogP contribution is -2.49. The van der Waals surface area contributed by atoms with Crippen molar-refractivity contribution in [3.63, 3.8) is 0 Å². The van der Waals surface area contributed by atoms with E-state index in [0.29, 0.717) is 13.2 Å². The highest BCUT2D eigenvalue weighted by Crippen LogP contribution is 2.22. The van der Waals surface area contributed by atoms with Crippen molar-refractivity contribution in [2.75, 3.05) is 26.2 Å². The van der Waals surface area contributed by atoms with Gasteiger partial charge in [-0.2, -0.15) is 0 Å². The first-order valence-corrected chi connectivity index (χ1v) is 6.96. The monoisotopic (exact) mass is 254 g/mol. The number of carbonyl (C=O) groups excluding carboxylic acids is 2. The van der Waals surface area contributed by atoms with Crippen LogP contribution >= 0.6 is 0 Å². The quantitative estimate of drug-likeness (QED) is 0.704. The molecule has 2 amide bonds. The molecule has 2 saturated heterocycles. The Bertz CT molecular complexity index is 313. The predicted octanol–water partition coefficient (Wildman–Crippen LogP) is 1.62. The van der Waals surface area contributed by atoms with Gasteiger partial charge in [0.15, 0.2) is 0 Å². The Morgan fingerprint density at radius 3 is 2.50 bits per heavy atom. The molecule has 2 fully saturated rings. The van der Waals surface area contributed by atoms with Crippen LogP contribution in [0.2, 0.25) is 0 Å². The van der Waals surface area contributed by atoms with Crippen molar-refractivity contribution in [1.82, 2.24) is 9.80 Å².